The fraction of sp³-hybridized carbons (Fsp3) is 0.522. The first-order valence-corrected chi connectivity index (χ1v) is 13.7. The number of hydrogen-bond acceptors (Lipinski definition) is 7. The van der Waals surface area contributed by atoms with Gasteiger partial charge in [-0.05, 0) is 56.0 Å². The number of sulfonamides is 1. The van der Waals surface area contributed by atoms with Gasteiger partial charge in [-0.1, -0.05) is 38.3 Å². The molecule has 1 unspecified atom stereocenters. The third-order valence-electron chi connectivity index (χ3n) is 4.95. The largest absolute Gasteiger partial charge is 0.462 e. The molecule has 2 rings (SSSR count). The second-order valence-electron chi connectivity index (χ2n) is 7.67. The van der Waals surface area contributed by atoms with E-state index < -0.39 is 16.1 Å². The molecule has 0 spiro atoms. The highest BCUT2D eigenvalue weighted by Crippen LogP contribution is 2.23. The molecule has 0 aliphatic carbocycles. The van der Waals surface area contributed by atoms with Crippen molar-refractivity contribution in [2.75, 3.05) is 24.8 Å². The lowest BCUT2D eigenvalue weighted by atomic mass is 10.0. The van der Waals surface area contributed by atoms with E-state index in [1.54, 1.807) is 25.1 Å². The maximum atomic E-state index is 12.2. The molecule has 0 amide bonds. The van der Waals surface area contributed by atoms with Crippen LogP contribution in [0, 0.1) is 0 Å². The molecule has 9 heteroatoms. The number of thiophene rings is 1. The molecule has 0 radical (unpaired) electrons. The highest BCUT2D eigenvalue weighted by Gasteiger charge is 2.17. The van der Waals surface area contributed by atoms with Gasteiger partial charge in [0, 0.05) is 11.4 Å². The number of carbonyl (C=O) groups is 1. The van der Waals surface area contributed by atoms with Crippen LogP contribution in [-0.4, -0.2) is 43.3 Å². The van der Waals surface area contributed by atoms with Crippen molar-refractivity contribution in [1.29, 1.82) is 0 Å². The number of hydrazine groups is 1. The standard InChI is InChI=1S/C23H34N2O5S2/c1-4-6-7-10-21(26)18-11-13-19(14-12-18)24-25(32(3,28)29)17-8-9-20-15-16-22(31-20)23(27)30-5-2/h11-16,21,24,26H,4-10,17H2,1-3H3. The number of rotatable bonds is 14. The monoisotopic (exact) mass is 482 g/mol. The fourth-order valence-electron chi connectivity index (χ4n) is 3.20. The van der Waals surface area contributed by atoms with E-state index in [-0.39, 0.29) is 12.5 Å². The molecule has 0 bridgehead atoms. The number of esters is 1. The topological polar surface area (TPSA) is 95.9 Å². The Morgan fingerprint density at radius 1 is 1.12 bits per heavy atom. The van der Waals surface area contributed by atoms with Crippen LogP contribution in [0.4, 0.5) is 5.69 Å². The number of aryl methyl sites for hydroxylation is 1. The minimum Gasteiger partial charge on any atom is -0.462 e. The summed E-state index contributed by atoms with van der Waals surface area (Å²) in [5.74, 6) is -0.331. The van der Waals surface area contributed by atoms with Gasteiger partial charge in [0.05, 0.1) is 24.7 Å². The van der Waals surface area contributed by atoms with Crippen LogP contribution < -0.4 is 5.43 Å². The summed E-state index contributed by atoms with van der Waals surface area (Å²) in [5, 5.41) is 10.3. The highest BCUT2D eigenvalue weighted by atomic mass is 32.2. The fourth-order valence-corrected chi connectivity index (χ4v) is 4.88. The van der Waals surface area contributed by atoms with E-state index in [0.29, 0.717) is 30.0 Å². The number of hydrogen-bond donors (Lipinski definition) is 2. The summed E-state index contributed by atoms with van der Waals surface area (Å²) in [6.45, 7) is 4.51. The van der Waals surface area contributed by atoms with Gasteiger partial charge in [-0.3, -0.25) is 0 Å². The number of aliphatic hydroxyl groups excluding tert-OH is 1. The Hall–Kier alpha value is -1.94. The van der Waals surface area contributed by atoms with E-state index in [1.807, 2.05) is 18.2 Å². The molecule has 0 aliphatic rings. The number of nitrogens with one attached hydrogen (secondary N) is 1. The molecule has 7 nitrogen and oxygen atoms in total. The van der Waals surface area contributed by atoms with E-state index in [9.17, 15) is 18.3 Å². The molecule has 0 fully saturated rings. The van der Waals surface area contributed by atoms with Crippen molar-refractivity contribution in [3.63, 3.8) is 0 Å². The predicted octanol–water partition coefficient (Wildman–Crippen LogP) is 4.76. The van der Waals surface area contributed by atoms with Gasteiger partial charge in [0.15, 0.2) is 0 Å². The SMILES string of the molecule is CCCCCC(O)c1ccc(NN(CCCc2ccc(C(=O)OCC)s2)S(C)(=O)=O)cc1. The van der Waals surface area contributed by atoms with Gasteiger partial charge in [-0.15, -0.1) is 15.8 Å². The quantitative estimate of drug-likeness (QED) is 0.229. The second-order valence-corrected chi connectivity index (χ2v) is 10.7. The van der Waals surface area contributed by atoms with Crippen molar-refractivity contribution < 1.29 is 23.1 Å². The van der Waals surface area contributed by atoms with Crippen molar-refractivity contribution in [2.45, 2.75) is 58.5 Å². The van der Waals surface area contributed by atoms with Crippen LogP contribution in [0.5, 0.6) is 0 Å². The predicted molar refractivity (Wildman–Crippen MR) is 129 cm³/mol. The zero-order valence-corrected chi connectivity index (χ0v) is 20.7. The lowest BCUT2D eigenvalue weighted by Crippen LogP contribution is -2.36. The van der Waals surface area contributed by atoms with Crippen LogP contribution in [0.25, 0.3) is 0 Å². The Labute approximate surface area is 195 Å². The maximum absolute atomic E-state index is 12.2. The van der Waals surface area contributed by atoms with Crippen molar-refractivity contribution in [1.82, 2.24) is 4.41 Å². The van der Waals surface area contributed by atoms with Crippen LogP contribution >= 0.6 is 11.3 Å². The van der Waals surface area contributed by atoms with Gasteiger partial charge in [0.25, 0.3) is 0 Å². The average molecular weight is 483 g/mol. The van der Waals surface area contributed by atoms with Crippen LogP contribution in [0.3, 0.4) is 0 Å². The summed E-state index contributed by atoms with van der Waals surface area (Å²) in [6.07, 6.45) is 5.80. The van der Waals surface area contributed by atoms with Gasteiger partial charge in [-0.25, -0.2) is 13.2 Å². The molecular weight excluding hydrogens is 448 g/mol. The van der Waals surface area contributed by atoms with Crippen LogP contribution in [0.15, 0.2) is 36.4 Å². The molecule has 1 aromatic heterocycles. The van der Waals surface area contributed by atoms with Crippen LogP contribution in [0.1, 0.15) is 72.2 Å². The normalized spacial score (nSPS) is 12.7. The van der Waals surface area contributed by atoms with Gasteiger partial charge in [0.1, 0.15) is 4.88 Å². The molecule has 1 atom stereocenters. The highest BCUT2D eigenvalue weighted by molar-refractivity contribution is 7.88. The first kappa shape index (κ1) is 26.3. The van der Waals surface area contributed by atoms with E-state index in [4.69, 9.17) is 4.74 Å². The molecule has 0 saturated carbocycles. The van der Waals surface area contributed by atoms with Gasteiger partial charge in [0.2, 0.25) is 10.0 Å². The molecule has 2 N–H and O–H groups in total. The zero-order chi connectivity index (χ0) is 23.6. The minimum atomic E-state index is -3.47. The smallest absolute Gasteiger partial charge is 0.348 e. The van der Waals surface area contributed by atoms with Crippen molar-refractivity contribution in [2.24, 2.45) is 0 Å². The zero-order valence-electron chi connectivity index (χ0n) is 19.0. The third kappa shape index (κ3) is 8.54. The summed E-state index contributed by atoms with van der Waals surface area (Å²) in [4.78, 5) is 13.3. The molecule has 1 heterocycles. The van der Waals surface area contributed by atoms with Crippen LogP contribution in [-0.2, 0) is 21.2 Å². The van der Waals surface area contributed by atoms with Gasteiger partial charge >= 0.3 is 5.97 Å². The Morgan fingerprint density at radius 2 is 1.84 bits per heavy atom. The first-order valence-electron chi connectivity index (χ1n) is 11.0. The Morgan fingerprint density at radius 3 is 2.47 bits per heavy atom. The third-order valence-corrected chi connectivity index (χ3v) is 7.15. The molecule has 32 heavy (non-hydrogen) atoms. The van der Waals surface area contributed by atoms with Crippen LogP contribution in [0.2, 0.25) is 0 Å². The molecule has 178 valence electrons. The number of carbonyl (C=O) groups excluding carboxylic acids is 1. The van der Waals surface area contributed by atoms with Crippen molar-refractivity contribution >= 4 is 33.0 Å². The van der Waals surface area contributed by atoms with Gasteiger partial charge < -0.3 is 15.3 Å². The molecule has 0 aliphatic heterocycles. The summed E-state index contributed by atoms with van der Waals surface area (Å²) >= 11 is 1.37. The molecule has 1 aromatic carbocycles. The molecular formula is C23H34N2O5S2. The summed E-state index contributed by atoms with van der Waals surface area (Å²) in [5.41, 5.74) is 4.42. The van der Waals surface area contributed by atoms with E-state index in [2.05, 4.69) is 12.3 Å². The van der Waals surface area contributed by atoms with E-state index in [0.717, 1.165) is 42.4 Å². The van der Waals surface area contributed by atoms with E-state index in [1.165, 1.54) is 15.8 Å². The summed E-state index contributed by atoms with van der Waals surface area (Å²) in [6, 6.07) is 10.8. The Balaban J connectivity index is 1.92. The maximum Gasteiger partial charge on any atom is 0.348 e. The molecule has 0 saturated heterocycles. The van der Waals surface area contributed by atoms with Gasteiger partial charge in [-0.2, -0.15) is 0 Å². The van der Waals surface area contributed by atoms with Crippen molar-refractivity contribution in [3.05, 3.63) is 51.7 Å². The second kappa shape index (κ2) is 12.9. The number of unbranched alkanes of at least 4 members (excludes halogenated alkanes) is 2. The first-order chi connectivity index (χ1) is 15.2. The number of anilines is 1. The average Bonchev–Trinajstić information content (AvgIpc) is 3.22. The Kier molecular flexibility index (Phi) is 10.6. The number of nitrogens with zero attached hydrogens (tertiary/aromatic N) is 1. The van der Waals surface area contributed by atoms with Crippen molar-refractivity contribution in [3.8, 4) is 0 Å². The molecule has 2 aromatic rings. The number of benzene rings is 1. The lowest BCUT2D eigenvalue weighted by molar-refractivity contribution is 0.0532. The Bertz CT molecular complexity index is 942. The van der Waals surface area contributed by atoms with E-state index >= 15 is 0 Å². The minimum absolute atomic E-state index is 0.285. The number of aliphatic hydroxyl groups is 1. The summed E-state index contributed by atoms with van der Waals surface area (Å²) in [7, 11) is -3.47. The summed E-state index contributed by atoms with van der Waals surface area (Å²) < 4.78 is 30.7. The lowest BCUT2D eigenvalue weighted by Gasteiger charge is -2.22. The number of ether oxygens (including phenoxy) is 1.